The molecule has 0 saturated heterocycles. The average Bonchev–Trinajstić information content (AvgIpc) is 3.17. The number of ether oxygens (including phenoxy) is 1. The van der Waals surface area contributed by atoms with E-state index in [1.807, 2.05) is 47.2 Å². The molecule has 0 bridgehead atoms. The molecule has 0 amide bonds. The quantitative estimate of drug-likeness (QED) is 0.577. The van der Waals surface area contributed by atoms with Crippen molar-refractivity contribution in [3.8, 4) is 9.88 Å². The van der Waals surface area contributed by atoms with Crippen LogP contribution in [0.2, 0.25) is 0 Å². The molecule has 0 radical (unpaired) electrons. The number of hydrogen-bond acceptors (Lipinski definition) is 5. The number of thiophene rings is 1. The van der Waals surface area contributed by atoms with Gasteiger partial charge in [0.15, 0.2) is 0 Å². The standard InChI is InChI=1S/C16H12BrNO2S2/c17-12-5-3-11(4-6-12)9-20-15(19)8-13-10-22-16(18-13)14-2-1-7-21-14/h1-7,10H,8-9H2. The predicted molar refractivity (Wildman–Crippen MR) is 93.1 cm³/mol. The number of carbonyl (C=O) groups excluding carboxylic acids is 1. The second-order valence-corrected chi connectivity index (χ2v) is 7.31. The third-order valence-corrected chi connectivity index (χ3v) is 5.38. The number of nitrogens with zero attached hydrogens (tertiary/aromatic N) is 1. The maximum Gasteiger partial charge on any atom is 0.312 e. The fourth-order valence-electron chi connectivity index (χ4n) is 1.84. The SMILES string of the molecule is O=C(Cc1csc(-c2cccs2)n1)OCc1ccc(Br)cc1. The summed E-state index contributed by atoms with van der Waals surface area (Å²) in [5, 5.41) is 4.88. The molecule has 1 aromatic carbocycles. The molecular weight excluding hydrogens is 382 g/mol. The molecule has 0 atom stereocenters. The van der Waals surface area contributed by atoms with E-state index in [1.165, 1.54) is 0 Å². The van der Waals surface area contributed by atoms with Gasteiger partial charge in [-0.1, -0.05) is 34.1 Å². The normalized spacial score (nSPS) is 10.6. The summed E-state index contributed by atoms with van der Waals surface area (Å²) >= 11 is 6.57. The molecule has 112 valence electrons. The lowest BCUT2D eigenvalue weighted by Crippen LogP contribution is -2.08. The highest BCUT2D eigenvalue weighted by molar-refractivity contribution is 9.10. The number of hydrogen-bond donors (Lipinski definition) is 0. The number of benzene rings is 1. The van der Waals surface area contributed by atoms with E-state index in [1.54, 1.807) is 22.7 Å². The largest absolute Gasteiger partial charge is 0.461 e. The fraction of sp³-hybridized carbons (Fsp3) is 0.125. The maximum atomic E-state index is 11.9. The Morgan fingerprint density at radius 2 is 2.00 bits per heavy atom. The minimum Gasteiger partial charge on any atom is -0.461 e. The summed E-state index contributed by atoms with van der Waals surface area (Å²) in [6, 6.07) is 11.7. The van der Waals surface area contributed by atoms with Gasteiger partial charge in [-0.05, 0) is 29.1 Å². The van der Waals surface area contributed by atoms with Gasteiger partial charge in [0.2, 0.25) is 0 Å². The number of aromatic nitrogens is 1. The molecule has 3 rings (SSSR count). The minimum atomic E-state index is -0.258. The van der Waals surface area contributed by atoms with Gasteiger partial charge in [0, 0.05) is 9.85 Å². The van der Waals surface area contributed by atoms with Gasteiger partial charge in [-0.2, -0.15) is 0 Å². The van der Waals surface area contributed by atoms with Crippen molar-refractivity contribution in [1.82, 2.24) is 4.98 Å². The molecule has 0 N–H and O–H groups in total. The summed E-state index contributed by atoms with van der Waals surface area (Å²) in [7, 11) is 0. The van der Waals surface area contributed by atoms with Gasteiger partial charge in [-0.15, -0.1) is 22.7 Å². The van der Waals surface area contributed by atoms with Crippen LogP contribution in [-0.2, 0) is 22.6 Å². The van der Waals surface area contributed by atoms with Crippen molar-refractivity contribution in [3.63, 3.8) is 0 Å². The zero-order valence-corrected chi connectivity index (χ0v) is 14.7. The molecule has 22 heavy (non-hydrogen) atoms. The van der Waals surface area contributed by atoms with Gasteiger partial charge >= 0.3 is 5.97 Å². The van der Waals surface area contributed by atoms with Crippen molar-refractivity contribution >= 4 is 44.6 Å². The Morgan fingerprint density at radius 1 is 1.18 bits per heavy atom. The lowest BCUT2D eigenvalue weighted by atomic mass is 10.2. The van der Waals surface area contributed by atoms with E-state index in [2.05, 4.69) is 20.9 Å². The molecular formula is C16H12BrNO2S2. The Bertz CT molecular complexity index is 751. The first-order valence-corrected chi connectivity index (χ1v) is 9.14. The smallest absolute Gasteiger partial charge is 0.312 e. The van der Waals surface area contributed by atoms with Gasteiger partial charge < -0.3 is 4.74 Å². The van der Waals surface area contributed by atoms with Crippen LogP contribution in [0.5, 0.6) is 0 Å². The molecule has 0 aliphatic rings. The minimum absolute atomic E-state index is 0.207. The average molecular weight is 394 g/mol. The molecule has 0 fully saturated rings. The van der Waals surface area contributed by atoms with Crippen molar-refractivity contribution in [3.05, 3.63) is 62.9 Å². The second kappa shape index (κ2) is 7.17. The van der Waals surface area contributed by atoms with Crippen molar-refractivity contribution in [2.75, 3.05) is 0 Å². The van der Waals surface area contributed by atoms with Gasteiger partial charge in [-0.25, -0.2) is 4.98 Å². The Morgan fingerprint density at radius 3 is 2.73 bits per heavy atom. The van der Waals surface area contributed by atoms with Gasteiger partial charge in [0.1, 0.15) is 11.6 Å². The highest BCUT2D eigenvalue weighted by atomic mass is 79.9. The number of thiazole rings is 1. The van der Waals surface area contributed by atoms with E-state index in [0.717, 1.165) is 25.6 Å². The number of rotatable bonds is 5. The van der Waals surface area contributed by atoms with Crippen LogP contribution in [0.3, 0.4) is 0 Å². The molecule has 6 heteroatoms. The van der Waals surface area contributed by atoms with E-state index in [0.29, 0.717) is 0 Å². The van der Waals surface area contributed by atoms with Crippen LogP contribution in [0.15, 0.2) is 51.6 Å². The van der Waals surface area contributed by atoms with Crippen LogP contribution in [0, 0.1) is 0 Å². The highest BCUT2D eigenvalue weighted by Gasteiger charge is 2.10. The molecule has 0 aliphatic carbocycles. The van der Waals surface area contributed by atoms with Crippen LogP contribution in [0.4, 0.5) is 0 Å². The van der Waals surface area contributed by atoms with Crippen LogP contribution >= 0.6 is 38.6 Å². The first kappa shape index (κ1) is 15.4. The summed E-state index contributed by atoms with van der Waals surface area (Å²) in [4.78, 5) is 17.5. The highest BCUT2D eigenvalue weighted by Crippen LogP contribution is 2.27. The van der Waals surface area contributed by atoms with Crippen molar-refractivity contribution in [1.29, 1.82) is 0 Å². The van der Waals surface area contributed by atoms with Crippen LogP contribution < -0.4 is 0 Å². The van der Waals surface area contributed by atoms with E-state index in [9.17, 15) is 4.79 Å². The first-order chi connectivity index (χ1) is 10.7. The second-order valence-electron chi connectivity index (χ2n) is 4.59. The number of halogens is 1. The Hall–Kier alpha value is -1.50. The summed E-state index contributed by atoms with van der Waals surface area (Å²) in [5.41, 5.74) is 1.73. The number of esters is 1. The Kier molecular flexibility index (Phi) is 5.02. The van der Waals surface area contributed by atoms with Crippen molar-refractivity contribution in [2.45, 2.75) is 13.0 Å². The first-order valence-electron chi connectivity index (χ1n) is 6.59. The topological polar surface area (TPSA) is 39.2 Å². The zero-order valence-electron chi connectivity index (χ0n) is 11.5. The van der Waals surface area contributed by atoms with E-state index in [4.69, 9.17) is 4.74 Å². The molecule has 2 heterocycles. The lowest BCUT2D eigenvalue weighted by Gasteiger charge is -2.04. The van der Waals surface area contributed by atoms with Crippen LogP contribution in [0.25, 0.3) is 9.88 Å². The number of carbonyl (C=O) groups is 1. The summed E-state index contributed by atoms with van der Waals surface area (Å²) in [6.07, 6.45) is 0.207. The lowest BCUT2D eigenvalue weighted by molar-refractivity contribution is -0.144. The molecule has 0 spiro atoms. The zero-order chi connectivity index (χ0) is 15.4. The van der Waals surface area contributed by atoms with Gasteiger partial charge in [-0.3, -0.25) is 4.79 Å². The molecule has 3 nitrogen and oxygen atoms in total. The van der Waals surface area contributed by atoms with E-state index < -0.39 is 0 Å². The van der Waals surface area contributed by atoms with Gasteiger partial charge in [0.25, 0.3) is 0 Å². The fourth-order valence-corrected chi connectivity index (χ4v) is 3.74. The van der Waals surface area contributed by atoms with Crippen molar-refractivity contribution < 1.29 is 9.53 Å². The summed E-state index contributed by atoms with van der Waals surface area (Å²) in [5.74, 6) is -0.258. The summed E-state index contributed by atoms with van der Waals surface area (Å²) < 4.78 is 6.29. The summed E-state index contributed by atoms with van der Waals surface area (Å²) in [6.45, 7) is 0.286. The Labute approximate surface area is 144 Å². The molecule has 0 aliphatic heterocycles. The maximum absolute atomic E-state index is 11.9. The monoisotopic (exact) mass is 393 g/mol. The Balaban J connectivity index is 1.54. The molecule has 2 aromatic heterocycles. The van der Waals surface area contributed by atoms with E-state index >= 15 is 0 Å². The predicted octanol–water partition coefficient (Wildman–Crippen LogP) is 4.92. The van der Waals surface area contributed by atoms with Gasteiger partial charge in [0.05, 0.1) is 17.0 Å². The van der Waals surface area contributed by atoms with Crippen LogP contribution in [0.1, 0.15) is 11.3 Å². The molecule has 0 unspecified atom stereocenters. The van der Waals surface area contributed by atoms with E-state index in [-0.39, 0.29) is 19.0 Å². The van der Waals surface area contributed by atoms with Crippen LogP contribution in [-0.4, -0.2) is 11.0 Å². The third-order valence-electron chi connectivity index (χ3n) is 2.92. The van der Waals surface area contributed by atoms with Crippen molar-refractivity contribution in [2.24, 2.45) is 0 Å². The molecule has 0 saturated carbocycles. The third kappa shape index (κ3) is 4.03. The molecule has 3 aromatic rings.